The number of carbonyl (C=O) groups is 4. The average Bonchev–Trinajstić information content (AvgIpc) is 3.07. The van der Waals surface area contributed by atoms with Crippen LogP contribution in [0.15, 0.2) is 104 Å². The van der Waals surface area contributed by atoms with E-state index in [1.54, 1.807) is 84.9 Å². The molecule has 0 unspecified atom stereocenters. The summed E-state index contributed by atoms with van der Waals surface area (Å²) in [7, 11) is 3.04. The molecule has 0 saturated carbocycles. The molecule has 12 nitrogen and oxygen atoms in total. The van der Waals surface area contributed by atoms with Crippen molar-refractivity contribution in [2.75, 3.05) is 14.2 Å². The summed E-state index contributed by atoms with van der Waals surface area (Å²) in [5, 5.41) is 7.76. The third-order valence-electron chi connectivity index (χ3n) is 6.11. The van der Waals surface area contributed by atoms with Gasteiger partial charge in [0.05, 0.1) is 37.8 Å². The number of rotatable bonds is 12. The molecular formula is C33H26Br2N4O8. The third kappa shape index (κ3) is 10.3. The number of methoxy groups -OCH3 is 2. The molecule has 0 heterocycles. The second-order valence-corrected chi connectivity index (χ2v) is 11.2. The highest BCUT2D eigenvalue weighted by atomic mass is 79.9. The number of ether oxygens (including phenoxy) is 4. The highest BCUT2D eigenvalue weighted by Crippen LogP contribution is 2.25. The van der Waals surface area contributed by atoms with E-state index in [-0.39, 0.29) is 11.5 Å². The molecule has 2 N–H and O–H groups in total. The molecule has 0 radical (unpaired) electrons. The summed E-state index contributed by atoms with van der Waals surface area (Å²) in [5.41, 5.74) is 5.89. The lowest BCUT2D eigenvalue weighted by Gasteiger charge is -2.09. The van der Waals surface area contributed by atoms with Gasteiger partial charge in [0.25, 0.3) is 0 Å². The highest BCUT2D eigenvalue weighted by Gasteiger charge is 2.14. The van der Waals surface area contributed by atoms with Crippen LogP contribution in [0.1, 0.15) is 38.3 Å². The third-order valence-corrected chi connectivity index (χ3v) is 7.09. The van der Waals surface area contributed by atoms with Gasteiger partial charge in [-0.15, -0.1) is 0 Å². The minimum Gasteiger partial charge on any atom is -0.497 e. The highest BCUT2D eigenvalue weighted by molar-refractivity contribution is 9.10. The van der Waals surface area contributed by atoms with E-state index in [2.05, 4.69) is 52.9 Å². The minimum absolute atomic E-state index is 0.195. The van der Waals surface area contributed by atoms with Gasteiger partial charge in [-0.05, 0) is 84.9 Å². The second kappa shape index (κ2) is 16.8. The van der Waals surface area contributed by atoms with E-state index in [1.807, 2.05) is 0 Å². The van der Waals surface area contributed by atoms with Crippen molar-refractivity contribution in [1.82, 2.24) is 10.9 Å². The Morgan fingerprint density at radius 3 is 1.36 bits per heavy atom. The van der Waals surface area contributed by atoms with Gasteiger partial charge in [-0.2, -0.15) is 10.2 Å². The standard InChI is InChI=1S/C33H26Br2N4O8/c1-44-26-9-3-20(4-10-26)32(42)46-28-13-7-24(34)15-22(28)18-36-38-30(40)17-31(41)39-37-19-23-16-25(35)8-14-29(23)47-33(43)21-5-11-27(45-2)12-6-21/h3-16,18-19H,17H2,1-2H3,(H,38,40)(H,39,41)/b36-18-,37-19+. The Labute approximate surface area is 286 Å². The number of nitrogens with zero attached hydrogens (tertiary/aromatic N) is 2. The summed E-state index contributed by atoms with van der Waals surface area (Å²) in [6.45, 7) is 0. The summed E-state index contributed by atoms with van der Waals surface area (Å²) in [6.07, 6.45) is 1.96. The zero-order valence-corrected chi connectivity index (χ0v) is 28.0. The lowest BCUT2D eigenvalue weighted by molar-refractivity contribution is -0.129. The number of hydrogen-bond acceptors (Lipinski definition) is 10. The van der Waals surface area contributed by atoms with E-state index >= 15 is 0 Å². The number of nitrogens with one attached hydrogen (secondary N) is 2. The summed E-state index contributed by atoms with van der Waals surface area (Å²) >= 11 is 6.70. The van der Waals surface area contributed by atoms with Gasteiger partial charge in [0.1, 0.15) is 29.4 Å². The molecule has 0 aliphatic heterocycles. The van der Waals surface area contributed by atoms with E-state index in [4.69, 9.17) is 18.9 Å². The molecule has 0 aromatic heterocycles. The number of esters is 2. The lowest BCUT2D eigenvalue weighted by atomic mass is 10.2. The van der Waals surface area contributed by atoms with Crippen LogP contribution in [0.5, 0.6) is 23.0 Å². The largest absolute Gasteiger partial charge is 0.497 e. The van der Waals surface area contributed by atoms with Crippen molar-refractivity contribution in [3.8, 4) is 23.0 Å². The summed E-state index contributed by atoms with van der Waals surface area (Å²) in [5.74, 6) is -1.07. The smallest absolute Gasteiger partial charge is 0.343 e. The Balaban J connectivity index is 1.31. The molecule has 0 aliphatic carbocycles. The molecular weight excluding hydrogens is 740 g/mol. The molecule has 2 amide bonds. The molecule has 0 atom stereocenters. The zero-order valence-electron chi connectivity index (χ0n) is 24.9. The van der Waals surface area contributed by atoms with Crippen LogP contribution in [0.2, 0.25) is 0 Å². The predicted molar refractivity (Wildman–Crippen MR) is 180 cm³/mol. The van der Waals surface area contributed by atoms with Crippen molar-refractivity contribution < 1.29 is 38.1 Å². The fourth-order valence-corrected chi connectivity index (χ4v) is 4.53. The van der Waals surface area contributed by atoms with Gasteiger partial charge in [-0.1, -0.05) is 31.9 Å². The first-order valence-corrected chi connectivity index (χ1v) is 15.2. The number of hydrogen-bond donors (Lipinski definition) is 2. The van der Waals surface area contributed by atoms with E-state index < -0.39 is 30.2 Å². The van der Waals surface area contributed by atoms with Crippen LogP contribution in [0.25, 0.3) is 0 Å². The number of amides is 2. The Morgan fingerprint density at radius 2 is 1.00 bits per heavy atom. The van der Waals surface area contributed by atoms with Crippen molar-refractivity contribution in [3.05, 3.63) is 116 Å². The molecule has 47 heavy (non-hydrogen) atoms. The van der Waals surface area contributed by atoms with Crippen molar-refractivity contribution in [3.63, 3.8) is 0 Å². The molecule has 0 bridgehead atoms. The van der Waals surface area contributed by atoms with E-state index in [1.165, 1.54) is 26.6 Å². The Morgan fingerprint density at radius 1 is 0.617 bits per heavy atom. The van der Waals surface area contributed by atoms with Crippen LogP contribution in [0, 0.1) is 0 Å². The van der Waals surface area contributed by atoms with Gasteiger partial charge in [0, 0.05) is 20.1 Å². The summed E-state index contributed by atoms with van der Waals surface area (Å²) < 4.78 is 22.6. The molecule has 4 aromatic rings. The molecule has 0 saturated heterocycles. The van der Waals surface area contributed by atoms with Gasteiger partial charge >= 0.3 is 11.9 Å². The van der Waals surface area contributed by atoms with Gasteiger partial charge in [0.15, 0.2) is 0 Å². The van der Waals surface area contributed by atoms with Crippen molar-refractivity contribution in [2.24, 2.45) is 10.2 Å². The summed E-state index contributed by atoms with van der Waals surface area (Å²) in [4.78, 5) is 49.9. The molecule has 0 fully saturated rings. The molecule has 4 rings (SSSR count). The van der Waals surface area contributed by atoms with Crippen molar-refractivity contribution >= 4 is 68.0 Å². The molecule has 0 aliphatic rings. The molecule has 4 aromatic carbocycles. The van der Waals surface area contributed by atoms with Crippen LogP contribution >= 0.6 is 31.9 Å². The number of halogens is 2. The van der Waals surface area contributed by atoms with Crippen LogP contribution in [0.4, 0.5) is 0 Å². The van der Waals surface area contributed by atoms with Crippen LogP contribution in [-0.2, 0) is 9.59 Å². The molecule has 0 spiro atoms. The summed E-state index contributed by atoms with van der Waals surface area (Å²) in [6, 6.07) is 22.6. The topological polar surface area (TPSA) is 154 Å². The van der Waals surface area contributed by atoms with E-state index in [9.17, 15) is 19.2 Å². The van der Waals surface area contributed by atoms with Crippen molar-refractivity contribution in [2.45, 2.75) is 6.42 Å². The fraction of sp³-hybridized carbons (Fsp3) is 0.0909. The van der Waals surface area contributed by atoms with Crippen LogP contribution in [0.3, 0.4) is 0 Å². The quantitative estimate of drug-likeness (QED) is 0.0617. The zero-order chi connectivity index (χ0) is 33.8. The van der Waals surface area contributed by atoms with Crippen molar-refractivity contribution in [1.29, 1.82) is 0 Å². The minimum atomic E-state index is -0.725. The maximum Gasteiger partial charge on any atom is 0.343 e. The van der Waals surface area contributed by atoms with Crippen LogP contribution < -0.4 is 29.8 Å². The van der Waals surface area contributed by atoms with Gasteiger partial charge in [-0.25, -0.2) is 20.4 Å². The number of benzene rings is 4. The Kier molecular flexibility index (Phi) is 12.4. The lowest BCUT2D eigenvalue weighted by Crippen LogP contribution is -2.27. The van der Waals surface area contributed by atoms with E-state index in [0.29, 0.717) is 42.7 Å². The Bertz CT molecular complexity index is 1690. The van der Waals surface area contributed by atoms with Gasteiger partial charge < -0.3 is 18.9 Å². The molecule has 240 valence electrons. The number of hydrazone groups is 2. The fourth-order valence-electron chi connectivity index (χ4n) is 3.77. The SMILES string of the molecule is COc1ccc(C(=O)Oc2ccc(Br)cc2/C=N\NC(=O)CC(=O)N/N=C/c2cc(Br)ccc2OC(=O)c2ccc(OC)cc2)cc1. The van der Waals surface area contributed by atoms with Gasteiger partial charge in [0.2, 0.25) is 11.8 Å². The van der Waals surface area contributed by atoms with E-state index in [0.717, 1.165) is 0 Å². The average molecular weight is 766 g/mol. The normalized spacial score (nSPS) is 10.8. The maximum absolute atomic E-state index is 12.6. The Hall–Kier alpha value is -5.34. The maximum atomic E-state index is 12.6. The number of carbonyl (C=O) groups excluding carboxylic acids is 4. The monoisotopic (exact) mass is 764 g/mol. The molecule has 14 heteroatoms. The van der Waals surface area contributed by atoms with Gasteiger partial charge in [-0.3, -0.25) is 9.59 Å². The second-order valence-electron chi connectivity index (χ2n) is 9.36. The predicted octanol–water partition coefficient (Wildman–Crippen LogP) is 5.66. The first-order valence-electron chi connectivity index (χ1n) is 13.6. The first kappa shape index (κ1) is 34.5. The van der Waals surface area contributed by atoms with Crippen LogP contribution in [-0.4, -0.2) is 50.4 Å². The first-order chi connectivity index (χ1) is 22.6.